The summed E-state index contributed by atoms with van der Waals surface area (Å²) in [5.41, 5.74) is 1.56. The molecule has 5 heteroatoms. The number of hydrogen-bond acceptors (Lipinski definition) is 4. The number of carbonyl (C=O) groups excluding carboxylic acids is 1. The van der Waals surface area contributed by atoms with E-state index in [0.29, 0.717) is 5.69 Å². The second kappa shape index (κ2) is 4.42. The Morgan fingerprint density at radius 3 is 2.16 bits per heavy atom. The number of rotatable bonds is 2. The van der Waals surface area contributed by atoms with Crippen molar-refractivity contribution in [1.82, 2.24) is 4.98 Å². The number of hydrogen-bond donors (Lipinski definition) is 0. The van der Waals surface area contributed by atoms with Crippen LogP contribution in [0.2, 0.25) is 0 Å². The van der Waals surface area contributed by atoms with Crippen LogP contribution in [0.1, 0.15) is 50.7 Å². The van der Waals surface area contributed by atoms with Gasteiger partial charge in [-0.1, -0.05) is 0 Å². The minimum Gasteiger partial charge on any atom is -0.399 e. The van der Waals surface area contributed by atoms with E-state index in [0.717, 1.165) is 11.0 Å². The summed E-state index contributed by atoms with van der Waals surface area (Å²) in [4.78, 5) is 15.5. The van der Waals surface area contributed by atoms with Crippen LogP contribution in [0.3, 0.4) is 0 Å². The minimum absolute atomic E-state index is 0.0384. The third-order valence-electron chi connectivity index (χ3n) is 4.02. The summed E-state index contributed by atoms with van der Waals surface area (Å²) in [6, 6.07) is 1.78. The largest absolute Gasteiger partial charge is 0.496 e. The predicted molar refractivity (Wildman–Crippen MR) is 74.7 cm³/mol. The smallest absolute Gasteiger partial charge is 0.399 e. The molecule has 0 aromatic carbocycles. The maximum absolute atomic E-state index is 11.3. The molecule has 4 nitrogen and oxygen atoms in total. The Morgan fingerprint density at radius 2 is 1.74 bits per heavy atom. The molecule has 1 saturated heterocycles. The van der Waals surface area contributed by atoms with Crippen LogP contribution in [0, 0.1) is 6.92 Å². The molecule has 0 aliphatic carbocycles. The number of carbonyl (C=O) groups is 1. The summed E-state index contributed by atoms with van der Waals surface area (Å²) in [5, 5.41) is 0. The SMILES string of the molecule is CC(=O)c1cc(C)c(B2OC(C)(C)C(C)(C)O2)cn1. The fraction of sp³-hybridized carbons (Fsp3) is 0.571. The van der Waals surface area contributed by atoms with Crippen LogP contribution in [-0.4, -0.2) is 29.1 Å². The van der Waals surface area contributed by atoms with Crippen molar-refractivity contribution in [3.63, 3.8) is 0 Å². The number of ketones is 1. The molecule has 102 valence electrons. The maximum Gasteiger partial charge on any atom is 0.496 e. The van der Waals surface area contributed by atoms with E-state index in [9.17, 15) is 4.79 Å². The summed E-state index contributed by atoms with van der Waals surface area (Å²) >= 11 is 0. The van der Waals surface area contributed by atoms with Crippen LogP contribution in [0.25, 0.3) is 0 Å². The Labute approximate surface area is 114 Å². The van der Waals surface area contributed by atoms with Gasteiger partial charge in [0.25, 0.3) is 0 Å². The highest BCUT2D eigenvalue weighted by atomic mass is 16.7. The van der Waals surface area contributed by atoms with Gasteiger partial charge in [0.05, 0.1) is 11.2 Å². The molecule has 1 aromatic rings. The van der Waals surface area contributed by atoms with Crippen LogP contribution >= 0.6 is 0 Å². The van der Waals surface area contributed by atoms with E-state index in [1.807, 2.05) is 34.6 Å². The Balaban J connectivity index is 2.33. The molecule has 19 heavy (non-hydrogen) atoms. The zero-order valence-electron chi connectivity index (χ0n) is 12.4. The van der Waals surface area contributed by atoms with Gasteiger partial charge in [0, 0.05) is 18.6 Å². The molecule has 1 aliphatic rings. The van der Waals surface area contributed by atoms with Crippen molar-refractivity contribution in [1.29, 1.82) is 0 Å². The van der Waals surface area contributed by atoms with Crippen molar-refractivity contribution in [3.05, 3.63) is 23.5 Å². The lowest BCUT2D eigenvalue weighted by atomic mass is 9.77. The van der Waals surface area contributed by atoms with Crippen molar-refractivity contribution < 1.29 is 14.1 Å². The van der Waals surface area contributed by atoms with Gasteiger partial charge in [-0.3, -0.25) is 9.78 Å². The first-order chi connectivity index (χ1) is 8.64. The van der Waals surface area contributed by atoms with E-state index in [-0.39, 0.29) is 17.0 Å². The fourth-order valence-corrected chi connectivity index (χ4v) is 1.98. The highest BCUT2D eigenvalue weighted by Crippen LogP contribution is 2.36. The van der Waals surface area contributed by atoms with Crippen molar-refractivity contribution in [3.8, 4) is 0 Å². The van der Waals surface area contributed by atoms with Gasteiger partial charge in [0.2, 0.25) is 0 Å². The van der Waals surface area contributed by atoms with Crippen LogP contribution < -0.4 is 5.46 Å². The summed E-state index contributed by atoms with van der Waals surface area (Å²) in [6.07, 6.45) is 1.67. The highest BCUT2D eigenvalue weighted by molar-refractivity contribution is 6.62. The van der Waals surface area contributed by atoms with Gasteiger partial charge in [-0.15, -0.1) is 0 Å². The van der Waals surface area contributed by atoms with Crippen molar-refractivity contribution >= 4 is 18.4 Å². The van der Waals surface area contributed by atoms with E-state index in [1.54, 1.807) is 12.3 Å². The molecular formula is C14H20BNO3. The van der Waals surface area contributed by atoms with Crippen LogP contribution in [-0.2, 0) is 9.31 Å². The number of nitrogens with zero attached hydrogens (tertiary/aromatic N) is 1. The van der Waals surface area contributed by atoms with Gasteiger partial charge < -0.3 is 9.31 Å². The van der Waals surface area contributed by atoms with E-state index in [2.05, 4.69) is 4.98 Å². The lowest BCUT2D eigenvalue weighted by molar-refractivity contribution is 0.00578. The Kier molecular flexibility index (Phi) is 3.31. The molecule has 2 heterocycles. The molecule has 0 unspecified atom stereocenters. The molecule has 0 radical (unpaired) electrons. The van der Waals surface area contributed by atoms with Crippen LogP contribution in [0.15, 0.2) is 12.3 Å². The van der Waals surface area contributed by atoms with Crippen molar-refractivity contribution in [2.24, 2.45) is 0 Å². The van der Waals surface area contributed by atoms with E-state index in [1.165, 1.54) is 6.92 Å². The average Bonchev–Trinajstić information content (AvgIpc) is 2.47. The van der Waals surface area contributed by atoms with E-state index < -0.39 is 7.12 Å². The quantitative estimate of drug-likeness (QED) is 0.602. The fourth-order valence-electron chi connectivity index (χ4n) is 1.98. The Bertz CT molecular complexity index is 509. The van der Waals surface area contributed by atoms with Gasteiger partial charge in [-0.25, -0.2) is 0 Å². The highest BCUT2D eigenvalue weighted by Gasteiger charge is 2.52. The zero-order chi connectivity index (χ0) is 14.4. The first-order valence-electron chi connectivity index (χ1n) is 6.47. The summed E-state index contributed by atoms with van der Waals surface area (Å²) in [5.74, 6) is -0.0384. The van der Waals surface area contributed by atoms with Gasteiger partial charge in [-0.2, -0.15) is 0 Å². The van der Waals surface area contributed by atoms with Crippen molar-refractivity contribution in [2.45, 2.75) is 52.7 Å². The van der Waals surface area contributed by atoms with E-state index in [4.69, 9.17) is 9.31 Å². The summed E-state index contributed by atoms with van der Waals surface area (Å²) in [7, 11) is -0.432. The second-order valence-electron chi connectivity index (χ2n) is 6.07. The molecule has 2 rings (SSSR count). The van der Waals surface area contributed by atoms with Crippen molar-refractivity contribution in [2.75, 3.05) is 0 Å². The standard InChI is InChI=1S/C14H20BNO3/c1-9-7-12(10(2)17)16-8-11(9)15-18-13(3,4)14(5,6)19-15/h7-8H,1-6H3. The maximum atomic E-state index is 11.3. The van der Waals surface area contributed by atoms with Crippen LogP contribution in [0.4, 0.5) is 0 Å². The lowest BCUT2D eigenvalue weighted by Gasteiger charge is -2.32. The van der Waals surface area contributed by atoms with Gasteiger partial charge >= 0.3 is 7.12 Å². The van der Waals surface area contributed by atoms with Gasteiger partial charge in [0.1, 0.15) is 5.69 Å². The number of pyridine rings is 1. The third kappa shape index (κ3) is 2.45. The molecule has 1 fully saturated rings. The number of Topliss-reactive ketones (excluding diaryl/α,β-unsaturated/α-hetero) is 1. The Hall–Kier alpha value is -1.20. The first-order valence-corrected chi connectivity index (χ1v) is 6.47. The van der Waals surface area contributed by atoms with Gasteiger partial charge in [-0.05, 0) is 46.2 Å². The average molecular weight is 261 g/mol. The predicted octanol–water partition coefficient (Wildman–Crippen LogP) is 1.89. The molecular weight excluding hydrogens is 241 g/mol. The molecule has 0 N–H and O–H groups in total. The summed E-state index contributed by atoms with van der Waals surface area (Å²) < 4.78 is 12.0. The topological polar surface area (TPSA) is 48.4 Å². The Morgan fingerprint density at radius 1 is 1.21 bits per heavy atom. The lowest BCUT2D eigenvalue weighted by Crippen LogP contribution is -2.41. The number of aryl methyl sites for hydroxylation is 1. The third-order valence-corrected chi connectivity index (χ3v) is 4.02. The monoisotopic (exact) mass is 261 g/mol. The normalized spacial score (nSPS) is 20.6. The second-order valence-corrected chi connectivity index (χ2v) is 6.07. The van der Waals surface area contributed by atoms with E-state index >= 15 is 0 Å². The molecule has 0 amide bonds. The first kappa shape index (κ1) is 14.2. The minimum atomic E-state index is -0.432. The molecule has 1 aromatic heterocycles. The van der Waals surface area contributed by atoms with Gasteiger partial charge in [0.15, 0.2) is 5.78 Å². The zero-order valence-corrected chi connectivity index (χ0v) is 12.4. The molecule has 1 aliphatic heterocycles. The van der Waals surface area contributed by atoms with Crippen LogP contribution in [0.5, 0.6) is 0 Å². The number of aromatic nitrogens is 1. The molecule has 0 spiro atoms. The molecule has 0 saturated carbocycles. The molecule has 0 atom stereocenters. The summed E-state index contributed by atoms with van der Waals surface area (Å²) in [6.45, 7) is 11.5. The molecule has 0 bridgehead atoms.